The molecule has 0 radical (unpaired) electrons. The largest absolute Gasteiger partial charge is 0.339 e. The van der Waals surface area contributed by atoms with E-state index in [-0.39, 0.29) is 5.54 Å². The molecule has 0 aromatic carbocycles. The molecular weight excluding hydrogens is 238 g/mol. The number of carbonyl (C=O) groups excluding carboxylic acids is 1. The van der Waals surface area contributed by atoms with E-state index in [0.717, 1.165) is 39.1 Å². The van der Waals surface area contributed by atoms with Crippen molar-refractivity contribution in [2.45, 2.75) is 58.0 Å². The lowest BCUT2D eigenvalue weighted by molar-refractivity contribution is -0.146. The summed E-state index contributed by atoms with van der Waals surface area (Å²) in [5.41, 5.74) is -0.349. The Morgan fingerprint density at radius 1 is 1.21 bits per heavy atom. The molecule has 0 saturated carbocycles. The van der Waals surface area contributed by atoms with Gasteiger partial charge in [0.1, 0.15) is 0 Å². The van der Waals surface area contributed by atoms with Gasteiger partial charge < -0.3 is 10.2 Å². The standard InChI is InChI=1S/C15H29N3O/c1-4-13-7-5-6-10-18(13)15(2,3)14(19)17-11-8-16-9-12-17/h13,16H,4-12H2,1-3H3. The molecule has 0 spiro atoms. The van der Waals surface area contributed by atoms with Crippen LogP contribution in [0.3, 0.4) is 0 Å². The van der Waals surface area contributed by atoms with Crippen molar-refractivity contribution in [3.8, 4) is 0 Å². The number of nitrogens with one attached hydrogen (secondary N) is 1. The highest BCUT2D eigenvalue weighted by Crippen LogP contribution is 2.29. The molecule has 4 heteroatoms. The monoisotopic (exact) mass is 267 g/mol. The number of hydrogen-bond donors (Lipinski definition) is 1. The van der Waals surface area contributed by atoms with E-state index >= 15 is 0 Å². The SMILES string of the molecule is CCC1CCCCN1C(C)(C)C(=O)N1CCNCC1. The van der Waals surface area contributed by atoms with Crippen molar-refractivity contribution < 1.29 is 4.79 Å². The molecule has 0 aliphatic carbocycles. The van der Waals surface area contributed by atoms with Crippen molar-refractivity contribution in [3.05, 3.63) is 0 Å². The molecule has 2 saturated heterocycles. The Hall–Kier alpha value is -0.610. The van der Waals surface area contributed by atoms with Gasteiger partial charge in [0, 0.05) is 32.2 Å². The van der Waals surface area contributed by atoms with Gasteiger partial charge in [0.2, 0.25) is 5.91 Å². The highest BCUT2D eigenvalue weighted by Gasteiger charge is 2.41. The van der Waals surface area contributed by atoms with E-state index in [0.29, 0.717) is 11.9 Å². The molecule has 1 atom stereocenters. The van der Waals surface area contributed by atoms with Crippen molar-refractivity contribution in [2.24, 2.45) is 0 Å². The van der Waals surface area contributed by atoms with Crippen LogP contribution in [0.2, 0.25) is 0 Å². The Morgan fingerprint density at radius 2 is 1.89 bits per heavy atom. The molecule has 1 amide bonds. The third-order valence-corrected chi connectivity index (χ3v) is 4.74. The first kappa shape index (κ1) is 14.8. The van der Waals surface area contributed by atoms with Crippen molar-refractivity contribution >= 4 is 5.91 Å². The summed E-state index contributed by atoms with van der Waals surface area (Å²) >= 11 is 0. The summed E-state index contributed by atoms with van der Waals surface area (Å²) in [6, 6.07) is 0.579. The summed E-state index contributed by atoms with van der Waals surface area (Å²) in [6.45, 7) is 11.1. The molecule has 0 aromatic heterocycles. The minimum atomic E-state index is -0.349. The van der Waals surface area contributed by atoms with Crippen LogP contribution in [0, 0.1) is 0 Å². The molecule has 110 valence electrons. The molecule has 1 N–H and O–H groups in total. The summed E-state index contributed by atoms with van der Waals surface area (Å²) in [5.74, 6) is 0.314. The minimum absolute atomic E-state index is 0.314. The number of amides is 1. The summed E-state index contributed by atoms with van der Waals surface area (Å²) in [5, 5.41) is 3.31. The number of piperidine rings is 1. The Kier molecular flexibility index (Phi) is 4.85. The number of hydrogen-bond acceptors (Lipinski definition) is 3. The molecular formula is C15H29N3O. The fourth-order valence-electron chi connectivity index (χ4n) is 3.54. The van der Waals surface area contributed by atoms with Crippen LogP contribution < -0.4 is 5.32 Å². The van der Waals surface area contributed by atoms with Crippen LogP contribution in [0.25, 0.3) is 0 Å². The Balaban J connectivity index is 2.08. The van der Waals surface area contributed by atoms with Crippen LogP contribution in [0.4, 0.5) is 0 Å². The van der Waals surface area contributed by atoms with Gasteiger partial charge in [0.15, 0.2) is 0 Å². The van der Waals surface area contributed by atoms with Gasteiger partial charge in [-0.25, -0.2) is 0 Å². The molecule has 2 fully saturated rings. The average molecular weight is 267 g/mol. The van der Waals surface area contributed by atoms with E-state index in [1.165, 1.54) is 19.3 Å². The average Bonchev–Trinajstić information content (AvgIpc) is 2.47. The molecule has 2 aliphatic rings. The maximum atomic E-state index is 12.8. The van der Waals surface area contributed by atoms with Gasteiger partial charge >= 0.3 is 0 Å². The maximum absolute atomic E-state index is 12.8. The second-order valence-electron chi connectivity index (χ2n) is 6.35. The number of piperazine rings is 1. The summed E-state index contributed by atoms with van der Waals surface area (Å²) in [7, 11) is 0. The van der Waals surface area contributed by atoms with Crippen molar-refractivity contribution in [1.82, 2.24) is 15.1 Å². The third kappa shape index (κ3) is 3.11. The van der Waals surface area contributed by atoms with Gasteiger partial charge in [-0.3, -0.25) is 9.69 Å². The Bertz CT molecular complexity index is 311. The molecule has 4 nitrogen and oxygen atoms in total. The first-order valence-corrected chi connectivity index (χ1v) is 7.84. The van der Waals surface area contributed by atoms with Crippen LogP contribution in [0.15, 0.2) is 0 Å². The number of nitrogens with zero attached hydrogens (tertiary/aromatic N) is 2. The number of carbonyl (C=O) groups is 1. The quantitative estimate of drug-likeness (QED) is 0.841. The predicted octanol–water partition coefficient (Wildman–Crippen LogP) is 1.46. The maximum Gasteiger partial charge on any atom is 0.242 e. The van der Waals surface area contributed by atoms with Gasteiger partial charge in [-0.1, -0.05) is 13.3 Å². The smallest absolute Gasteiger partial charge is 0.242 e. The zero-order valence-corrected chi connectivity index (χ0v) is 12.7. The lowest BCUT2D eigenvalue weighted by Crippen LogP contribution is -2.62. The lowest BCUT2D eigenvalue weighted by atomic mass is 9.91. The minimum Gasteiger partial charge on any atom is -0.339 e. The topological polar surface area (TPSA) is 35.6 Å². The second-order valence-corrected chi connectivity index (χ2v) is 6.35. The Labute approximate surface area is 117 Å². The van der Waals surface area contributed by atoms with Crippen molar-refractivity contribution in [2.75, 3.05) is 32.7 Å². The third-order valence-electron chi connectivity index (χ3n) is 4.74. The fourth-order valence-corrected chi connectivity index (χ4v) is 3.54. The van der Waals surface area contributed by atoms with Gasteiger partial charge in [-0.05, 0) is 39.7 Å². The van der Waals surface area contributed by atoms with Crippen molar-refractivity contribution in [1.29, 1.82) is 0 Å². The van der Waals surface area contributed by atoms with Crippen LogP contribution in [-0.4, -0.2) is 60.0 Å². The van der Waals surface area contributed by atoms with Gasteiger partial charge in [0.25, 0.3) is 0 Å². The van der Waals surface area contributed by atoms with E-state index in [9.17, 15) is 4.79 Å². The first-order chi connectivity index (χ1) is 9.07. The van der Waals surface area contributed by atoms with Gasteiger partial charge in [0.05, 0.1) is 5.54 Å². The number of likely N-dealkylation sites (tertiary alicyclic amines) is 1. The van der Waals surface area contributed by atoms with Gasteiger partial charge in [-0.2, -0.15) is 0 Å². The Morgan fingerprint density at radius 3 is 2.53 bits per heavy atom. The zero-order chi connectivity index (χ0) is 13.9. The highest BCUT2D eigenvalue weighted by molar-refractivity contribution is 5.85. The summed E-state index contributed by atoms with van der Waals surface area (Å²) in [6.07, 6.45) is 4.94. The van der Waals surface area contributed by atoms with Crippen LogP contribution in [0.1, 0.15) is 46.5 Å². The second kappa shape index (κ2) is 6.23. The molecule has 0 bridgehead atoms. The lowest BCUT2D eigenvalue weighted by Gasteiger charge is -2.47. The predicted molar refractivity (Wildman–Crippen MR) is 78.2 cm³/mol. The van der Waals surface area contributed by atoms with E-state index in [1.807, 2.05) is 4.90 Å². The summed E-state index contributed by atoms with van der Waals surface area (Å²) in [4.78, 5) is 17.3. The molecule has 19 heavy (non-hydrogen) atoms. The van der Waals surface area contributed by atoms with Crippen LogP contribution in [0.5, 0.6) is 0 Å². The molecule has 0 aromatic rings. The van der Waals surface area contributed by atoms with Crippen LogP contribution >= 0.6 is 0 Å². The van der Waals surface area contributed by atoms with Gasteiger partial charge in [-0.15, -0.1) is 0 Å². The fraction of sp³-hybridized carbons (Fsp3) is 0.933. The van der Waals surface area contributed by atoms with E-state index in [4.69, 9.17) is 0 Å². The molecule has 1 unspecified atom stereocenters. The zero-order valence-electron chi connectivity index (χ0n) is 12.7. The molecule has 2 aliphatic heterocycles. The van der Waals surface area contributed by atoms with E-state index in [1.54, 1.807) is 0 Å². The normalized spacial score (nSPS) is 26.5. The molecule has 2 rings (SSSR count). The van der Waals surface area contributed by atoms with Crippen molar-refractivity contribution in [3.63, 3.8) is 0 Å². The first-order valence-electron chi connectivity index (χ1n) is 7.84. The van der Waals surface area contributed by atoms with E-state index < -0.39 is 0 Å². The van der Waals surface area contributed by atoms with Crippen LogP contribution in [-0.2, 0) is 4.79 Å². The highest BCUT2D eigenvalue weighted by atomic mass is 16.2. The molecule has 2 heterocycles. The summed E-state index contributed by atoms with van der Waals surface area (Å²) < 4.78 is 0. The number of rotatable bonds is 3. The van der Waals surface area contributed by atoms with E-state index in [2.05, 4.69) is 31.0 Å².